The third kappa shape index (κ3) is 0.922. The van der Waals surface area contributed by atoms with Gasteiger partial charge in [0.1, 0.15) is 13.3 Å². The molecule has 0 saturated carbocycles. The van der Waals surface area contributed by atoms with Gasteiger partial charge in [0.05, 0.1) is 11.6 Å². The van der Waals surface area contributed by atoms with Gasteiger partial charge in [0.2, 0.25) is 0 Å². The highest BCUT2D eigenvalue weighted by atomic mass is 16.6. The summed E-state index contributed by atoms with van der Waals surface area (Å²) in [6.45, 7) is 2.02. The van der Waals surface area contributed by atoms with E-state index < -0.39 is 0 Å². The molecule has 2 heterocycles. The molecule has 2 aromatic rings. The van der Waals surface area contributed by atoms with Crippen molar-refractivity contribution in [1.29, 1.82) is 0 Å². The topological polar surface area (TPSA) is 41.8 Å². The second-order valence-corrected chi connectivity index (χ2v) is 2.70. The number of fused-ring (bicyclic) bond motifs is 1. The molecule has 0 amide bonds. The van der Waals surface area contributed by atoms with Crippen molar-refractivity contribution in [2.24, 2.45) is 0 Å². The lowest BCUT2D eigenvalue weighted by Crippen LogP contribution is -2.41. The van der Waals surface area contributed by atoms with Gasteiger partial charge in [-0.3, -0.25) is 0 Å². The second-order valence-electron chi connectivity index (χ2n) is 2.70. The van der Waals surface area contributed by atoms with Crippen LogP contribution in [0.1, 0.15) is 5.56 Å². The summed E-state index contributed by atoms with van der Waals surface area (Å²) in [6.07, 6.45) is 3.68. The number of aromatic amines is 1. The zero-order valence-electron chi connectivity index (χ0n) is 7.03. The Balaban J connectivity index is 2.80. The maximum absolute atomic E-state index is 5.11. The van der Waals surface area contributed by atoms with Crippen LogP contribution >= 0.6 is 0 Å². The van der Waals surface area contributed by atoms with E-state index in [2.05, 4.69) is 10.2 Å². The maximum atomic E-state index is 5.11. The highest BCUT2D eigenvalue weighted by molar-refractivity contribution is 5.70. The Morgan fingerprint density at radius 1 is 1.58 bits per heavy atom. The second kappa shape index (κ2) is 2.48. The molecule has 4 nitrogen and oxygen atoms in total. The van der Waals surface area contributed by atoms with Crippen LogP contribution in [-0.4, -0.2) is 17.3 Å². The van der Waals surface area contributed by atoms with E-state index in [1.165, 1.54) is 0 Å². The number of H-pyrrole nitrogens is 1. The molecule has 1 N–H and O–H groups in total. The van der Waals surface area contributed by atoms with Crippen LogP contribution in [0.4, 0.5) is 0 Å². The summed E-state index contributed by atoms with van der Waals surface area (Å²) in [5.41, 5.74) is 2.02. The lowest BCUT2D eigenvalue weighted by Gasteiger charge is -1.97. The predicted molar refractivity (Wildman–Crippen MR) is 43.5 cm³/mol. The molecule has 0 aliphatic heterocycles. The molecule has 0 aromatic carbocycles. The highest BCUT2D eigenvalue weighted by Crippen LogP contribution is 2.06. The van der Waals surface area contributed by atoms with E-state index in [4.69, 9.17) is 4.84 Å². The van der Waals surface area contributed by atoms with Gasteiger partial charge in [-0.1, -0.05) is 5.10 Å². The van der Waals surface area contributed by atoms with E-state index in [-0.39, 0.29) is 0 Å². The summed E-state index contributed by atoms with van der Waals surface area (Å²) in [5.74, 6) is 0. The van der Waals surface area contributed by atoms with Crippen molar-refractivity contribution >= 4 is 11.0 Å². The monoisotopic (exact) mass is 164 g/mol. The summed E-state index contributed by atoms with van der Waals surface area (Å²) in [6, 6.07) is 2.05. The first-order chi connectivity index (χ1) is 5.81. The van der Waals surface area contributed by atoms with Gasteiger partial charge in [0.15, 0.2) is 0 Å². The lowest BCUT2D eigenvalue weighted by molar-refractivity contribution is -0.866. The predicted octanol–water partition coefficient (Wildman–Crippen LogP) is 0.217. The largest absolute Gasteiger partial charge is 0.347 e. The molecule has 0 radical (unpaired) electrons. The maximum Gasteiger partial charge on any atom is 0.347 e. The molecule has 2 rings (SSSR count). The minimum absolute atomic E-state index is 0.878. The Hall–Kier alpha value is -1.58. The fourth-order valence-electron chi connectivity index (χ4n) is 1.25. The van der Waals surface area contributed by atoms with Gasteiger partial charge in [0.25, 0.3) is 0 Å². The van der Waals surface area contributed by atoms with Gasteiger partial charge in [-0.15, -0.1) is 5.10 Å². The third-order valence-electron chi connectivity index (χ3n) is 1.77. The van der Waals surface area contributed by atoms with Crippen LogP contribution in [0.15, 0.2) is 18.5 Å². The van der Waals surface area contributed by atoms with Crippen LogP contribution < -0.4 is 9.57 Å². The van der Waals surface area contributed by atoms with Crippen LogP contribution in [0.25, 0.3) is 11.0 Å². The van der Waals surface area contributed by atoms with Gasteiger partial charge < -0.3 is 4.84 Å². The van der Waals surface area contributed by atoms with E-state index in [0.717, 1.165) is 16.6 Å². The molecule has 0 fully saturated rings. The van der Waals surface area contributed by atoms with Crippen molar-refractivity contribution in [2.75, 3.05) is 7.11 Å². The number of hydrogen-bond donors (Lipinski definition) is 1. The Morgan fingerprint density at radius 2 is 2.42 bits per heavy atom. The van der Waals surface area contributed by atoms with Crippen molar-refractivity contribution in [2.45, 2.75) is 6.92 Å². The van der Waals surface area contributed by atoms with Crippen molar-refractivity contribution in [3.05, 3.63) is 24.0 Å². The molecule has 4 heteroatoms. The molecule has 0 aliphatic carbocycles. The average Bonchev–Trinajstić information content (AvgIpc) is 2.50. The van der Waals surface area contributed by atoms with Gasteiger partial charge >= 0.3 is 5.65 Å². The molecule has 0 saturated heterocycles. The lowest BCUT2D eigenvalue weighted by atomic mass is 10.3. The Morgan fingerprint density at radius 3 is 3.17 bits per heavy atom. The first-order valence-electron chi connectivity index (χ1n) is 3.71. The molecule has 0 atom stereocenters. The Kier molecular flexibility index (Phi) is 1.46. The highest BCUT2D eigenvalue weighted by Gasteiger charge is 2.09. The number of rotatable bonds is 1. The van der Waals surface area contributed by atoms with E-state index in [1.807, 2.05) is 19.2 Å². The first-order valence-corrected chi connectivity index (χ1v) is 3.71. The smallest absolute Gasteiger partial charge is 0.339 e. The number of aromatic nitrogens is 3. The van der Waals surface area contributed by atoms with E-state index in [0.29, 0.717) is 0 Å². The van der Waals surface area contributed by atoms with Crippen molar-refractivity contribution < 1.29 is 9.57 Å². The Labute approximate surface area is 69.7 Å². The molecule has 62 valence electrons. The number of hydrogen-bond acceptors (Lipinski definition) is 2. The minimum Gasteiger partial charge on any atom is -0.339 e. The minimum atomic E-state index is 0.878. The quantitative estimate of drug-likeness (QED) is 0.612. The fourth-order valence-corrected chi connectivity index (χ4v) is 1.25. The van der Waals surface area contributed by atoms with Crippen LogP contribution in [0.5, 0.6) is 0 Å². The Bertz CT molecular complexity index is 408. The molecule has 0 spiro atoms. The van der Waals surface area contributed by atoms with Crippen LogP contribution in [0, 0.1) is 6.92 Å². The van der Waals surface area contributed by atoms with E-state index >= 15 is 0 Å². The molecule has 12 heavy (non-hydrogen) atoms. The number of nitrogens with zero attached hydrogens (tertiary/aromatic N) is 2. The normalized spacial score (nSPS) is 10.5. The SMILES string of the molecule is CO[n+]1cc(C)cc2cn[nH]c21. The summed E-state index contributed by atoms with van der Waals surface area (Å²) >= 11 is 0. The number of pyridine rings is 1. The van der Waals surface area contributed by atoms with Crippen LogP contribution in [-0.2, 0) is 0 Å². The summed E-state index contributed by atoms with van der Waals surface area (Å²) < 4.78 is 1.66. The van der Waals surface area contributed by atoms with E-state index in [1.54, 1.807) is 18.0 Å². The summed E-state index contributed by atoms with van der Waals surface area (Å²) in [7, 11) is 1.62. The van der Waals surface area contributed by atoms with Crippen LogP contribution in [0.3, 0.4) is 0 Å². The third-order valence-corrected chi connectivity index (χ3v) is 1.77. The van der Waals surface area contributed by atoms with Crippen molar-refractivity contribution in [3.8, 4) is 0 Å². The van der Waals surface area contributed by atoms with Gasteiger partial charge in [-0.25, -0.2) is 0 Å². The number of nitrogens with one attached hydrogen (secondary N) is 1. The molecular formula is C8H10N3O+. The molecule has 0 unspecified atom stereocenters. The molecule has 2 aromatic heterocycles. The van der Waals surface area contributed by atoms with Gasteiger partial charge in [-0.2, -0.15) is 0 Å². The fraction of sp³-hybridized carbons (Fsp3) is 0.250. The zero-order valence-corrected chi connectivity index (χ0v) is 7.03. The summed E-state index contributed by atoms with van der Waals surface area (Å²) in [4.78, 5) is 5.11. The van der Waals surface area contributed by atoms with Crippen molar-refractivity contribution in [1.82, 2.24) is 10.2 Å². The number of aryl methyl sites for hydroxylation is 1. The molecule has 0 bridgehead atoms. The van der Waals surface area contributed by atoms with Crippen LogP contribution in [0.2, 0.25) is 0 Å². The zero-order chi connectivity index (χ0) is 8.55. The average molecular weight is 164 g/mol. The molecular weight excluding hydrogens is 154 g/mol. The standard InChI is InChI=1S/C8H9N3O/c1-6-3-7-4-9-10-8(7)11(5-6)12-2/h3-5H,1-2H3/p+1. The molecule has 0 aliphatic rings. The van der Waals surface area contributed by atoms with Gasteiger partial charge in [-0.05, 0) is 23.3 Å². The summed E-state index contributed by atoms with van der Waals surface area (Å²) in [5, 5.41) is 7.83. The first kappa shape index (κ1) is 7.09. The van der Waals surface area contributed by atoms with Crippen molar-refractivity contribution in [3.63, 3.8) is 0 Å². The van der Waals surface area contributed by atoms with Gasteiger partial charge in [0, 0.05) is 0 Å². The van der Waals surface area contributed by atoms with E-state index in [9.17, 15) is 0 Å².